The number of hydrogen-bond donors (Lipinski definition) is 0. The minimum Gasteiger partial charge on any atom is -0.299 e. The van der Waals surface area contributed by atoms with Gasteiger partial charge in [0.1, 0.15) is 6.29 Å². The van der Waals surface area contributed by atoms with Gasteiger partial charge < -0.3 is 0 Å². The Hall–Kier alpha value is -1.08. The van der Waals surface area contributed by atoms with Crippen molar-refractivity contribution in [1.29, 1.82) is 0 Å². The fraction of sp³-hybridized carbons (Fsp3) is 0.250. The molecule has 1 nitrogen and oxygen atoms in total. The molecule has 1 aromatic carbocycles. The summed E-state index contributed by atoms with van der Waals surface area (Å²) in [5, 5.41) is 0.773. The Morgan fingerprint density at radius 2 is 1.93 bits per heavy atom. The summed E-state index contributed by atoms with van der Waals surface area (Å²) >= 11 is 5.76. The molecule has 0 aliphatic carbocycles. The number of aldehydes is 1. The highest BCUT2D eigenvalue weighted by atomic mass is 35.5. The number of benzene rings is 1. The van der Waals surface area contributed by atoms with Gasteiger partial charge in [0.25, 0.3) is 0 Å². The van der Waals surface area contributed by atoms with Crippen molar-refractivity contribution in [2.24, 2.45) is 0 Å². The van der Waals surface area contributed by atoms with Crippen LogP contribution < -0.4 is 0 Å². The molecule has 0 unspecified atom stereocenters. The number of carbonyl (C=O) groups excluding carboxylic acids is 1. The van der Waals surface area contributed by atoms with E-state index in [0.29, 0.717) is 0 Å². The molecule has 0 fully saturated rings. The first-order valence-corrected chi connectivity index (χ1v) is 5.05. The van der Waals surface area contributed by atoms with Gasteiger partial charge >= 0.3 is 0 Å². The van der Waals surface area contributed by atoms with Crippen molar-refractivity contribution in [2.75, 3.05) is 0 Å². The monoisotopic (exact) mass is 208 g/mol. The van der Waals surface area contributed by atoms with Crippen LogP contribution in [0.5, 0.6) is 0 Å². The molecule has 0 radical (unpaired) electrons. The summed E-state index contributed by atoms with van der Waals surface area (Å²) < 4.78 is 0. The van der Waals surface area contributed by atoms with Gasteiger partial charge in [0.05, 0.1) is 0 Å². The average Bonchev–Trinajstić information content (AvgIpc) is 2.21. The lowest BCUT2D eigenvalue weighted by Gasteiger charge is -1.98. The fourth-order valence-corrected chi connectivity index (χ4v) is 1.35. The molecule has 1 aromatic rings. The summed E-state index contributed by atoms with van der Waals surface area (Å²) in [6.07, 6.45) is 7.28. The lowest BCUT2D eigenvalue weighted by atomic mass is 10.1. The van der Waals surface area contributed by atoms with Gasteiger partial charge in [0.15, 0.2) is 0 Å². The molecule has 0 aliphatic heterocycles. The van der Waals surface area contributed by atoms with Gasteiger partial charge in [0, 0.05) is 5.02 Å². The summed E-state index contributed by atoms with van der Waals surface area (Å²) in [5.41, 5.74) is 1.29. The zero-order chi connectivity index (χ0) is 10.2. The third-order valence-corrected chi connectivity index (χ3v) is 2.22. The van der Waals surface area contributed by atoms with Crippen LogP contribution in [0.25, 0.3) is 0 Å². The molecule has 0 saturated carbocycles. The Bertz CT molecular complexity index is 301. The second-order valence-corrected chi connectivity index (χ2v) is 3.52. The molecule has 1 rings (SSSR count). The average molecular weight is 209 g/mol. The van der Waals surface area contributed by atoms with Crippen LogP contribution in [0.1, 0.15) is 18.4 Å². The number of allylic oxidation sites excluding steroid dienone is 2. The van der Waals surface area contributed by atoms with E-state index in [-0.39, 0.29) is 0 Å². The lowest BCUT2D eigenvalue weighted by molar-refractivity contribution is -0.104. The maximum Gasteiger partial charge on any atom is 0.142 e. The second-order valence-electron chi connectivity index (χ2n) is 3.08. The zero-order valence-corrected chi connectivity index (χ0v) is 8.70. The molecule has 0 aliphatic rings. The van der Waals surface area contributed by atoms with Crippen molar-refractivity contribution < 1.29 is 4.79 Å². The zero-order valence-electron chi connectivity index (χ0n) is 7.95. The van der Waals surface area contributed by atoms with Crippen molar-refractivity contribution in [3.05, 3.63) is 47.0 Å². The van der Waals surface area contributed by atoms with Gasteiger partial charge in [-0.2, -0.15) is 0 Å². The fourth-order valence-electron chi connectivity index (χ4n) is 1.23. The standard InChI is InChI=1S/C12H13ClO/c13-12-8-6-11(7-9-12)5-3-1-2-4-10-14/h2,4,6-10H,1,3,5H2. The van der Waals surface area contributed by atoms with Gasteiger partial charge in [-0.1, -0.05) is 29.8 Å². The van der Waals surface area contributed by atoms with Crippen LogP contribution >= 0.6 is 11.6 Å². The lowest BCUT2D eigenvalue weighted by Crippen LogP contribution is -1.83. The quantitative estimate of drug-likeness (QED) is 0.412. The summed E-state index contributed by atoms with van der Waals surface area (Å²) in [4.78, 5) is 9.97. The minimum atomic E-state index is 0.773. The molecule has 0 heterocycles. The number of hydrogen-bond acceptors (Lipinski definition) is 1. The molecule has 0 aromatic heterocycles. The normalized spacial score (nSPS) is 10.6. The Morgan fingerprint density at radius 1 is 1.21 bits per heavy atom. The molecule has 0 amide bonds. The van der Waals surface area contributed by atoms with E-state index in [1.807, 2.05) is 30.3 Å². The van der Waals surface area contributed by atoms with E-state index < -0.39 is 0 Å². The van der Waals surface area contributed by atoms with E-state index in [1.54, 1.807) is 6.08 Å². The first kappa shape index (κ1) is 11.0. The highest BCUT2D eigenvalue weighted by molar-refractivity contribution is 6.30. The van der Waals surface area contributed by atoms with Crippen LogP contribution in [0.15, 0.2) is 36.4 Å². The molecular formula is C12H13ClO. The van der Waals surface area contributed by atoms with Crippen molar-refractivity contribution in [3.8, 4) is 0 Å². The maximum atomic E-state index is 9.97. The van der Waals surface area contributed by atoms with E-state index in [0.717, 1.165) is 30.6 Å². The van der Waals surface area contributed by atoms with E-state index in [9.17, 15) is 4.79 Å². The van der Waals surface area contributed by atoms with Gasteiger partial charge in [-0.3, -0.25) is 4.79 Å². The minimum absolute atomic E-state index is 0.773. The van der Waals surface area contributed by atoms with Crippen molar-refractivity contribution in [2.45, 2.75) is 19.3 Å². The molecule has 0 atom stereocenters. The van der Waals surface area contributed by atoms with Crippen molar-refractivity contribution >= 4 is 17.9 Å². The predicted octanol–water partition coefficient (Wildman–Crippen LogP) is 3.42. The third-order valence-electron chi connectivity index (χ3n) is 1.96. The molecule has 0 bridgehead atoms. The van der Waals surface area contributed by atoms with Gasteiger partial charge in [-0.05, 0) is 43.0 Å². The molecule has 74 valence electrons. The number of halogens is 1. The molecular weight excluding hydrogens is 196 g/mol. The van der Waals surface area contributed by atoms with Crippen molar-refractivity contribution in [1.82, 2.24) is 0 Å². The first-order valence-electron chi connectivity index (χ1n) is 4.67. The van der Waals surface area contributed by atoms with Gasteiger partial charge in [0.2, 0.25) is 0 Å². The number of unbranched alkanes of at least 4 members (excludes halogenated alkanes) is 1. The van der Waals surface area contributed by atoms with Crippen LogP contribution in [0.2, 0.25) is 5.02 Å². The van der Waals surface area contributed by atoms with Crippen LogP contribution in [-0.4, -0.2) is 6.29 Å². The smallest absolute Gasteiger partial charge is 0.142 e. The van der Waals surface area contributed by atoms with Crippen molar-refractivity contribution in [3.63, 3.8) is 0 Å². The van der Waals surface area contributed by atoms with Crippen LogP contribution in [0.4, 0.5) is 0 Å². The van der Waals surface area contributed by atoms with E-state index in [4.69, 9.17) is 11.6 Å². The second kappa shape index (κ2) is 6.39. The third kappa shape index (κ3) is 4.24. The Labute approximate surface area is 89.4 Å². The molecule has 0 spiro atoms. The molecule has 2 heteroatoms. The Morgan fingerprint density at radius 3 is 2.57 bits per heavy atom. The molecule has 0 N–H and O–H groups in total. The Kier molecular flexibility index (Phi) is 5.02. The number of aryl methyl sites for hydroxylation is 1. The predicted molar refractivity (Wildman–Crippen MR) is 59.6 cm³/mol. The molecule has 14 heavy (non-hydrogen) atoms. The van der Waals surface area contributed by atoms with E-state index in [1.165, 1.54) is 5.56 Å². The van der Waals surface area contributed by atoms with Gasteiger partial charge in [-0.25, -0.2) is 0 Å². The Balaban J connectivity index is 2.28. The maximum absolute atomic E-state index is 9.97. The number of rotatable bonds is 5. The summed E-state index contributed by atoms with van der Waals surface area (Å²) in [7, 11) is 0. The topological polar surface area (TPSA) is 17.1 Å². The van der Waals surface area contributed by atoms with Crippen LogP contribution in [0.3, 0.4) is 0 Å². The van der Waals surface area contributed by atoms with E-state index >= 15 is 0 Å². The van der Waals surface area contributed by atoms with Gasteiger partial charge in [-0.15, -0.1) is 0 Å². The van der Waals surface area contributed by atoms with E-state index in [2.05, 4.69) is 0 Å². The highest BCUT2D eigenvalue weighted by Crippen LogP contribution is 2.11. The highest BCUT2D eigenvalue weighted by Gasteiger charge is 1.91. The largest absolute Gasteiger partial charge is 0.299 e. The summed E-state index contributed by atoms with van der Waals surface area (Å²) in [6.45, 7) is 0. The number of carbonyl (C=O) groups is 1. The SMILES string of the molecule is O=CC=CCCCc1ccc(Cl)cc1. The first-order chi connectivity index (χ1) is 6.83. The summed E-state index contributed by atoms with van der Waals surface area (Å²) in [6, 6.07) is 7.87. The van der Waals surface area contributed by atoms with Crippen LogP contribution in [0, 0.1) is 0 Å². The summed E-state index contributed by atoms with van der Waals surface area (Å²) in [5.74, 6) is 0. The van der Waals surface area contributed by atoms with Crippen LogP contribution in [-0.2, 0) is 11.2 Å². The molecule has 0 saturated heterocycles.